The summed E-state index contributed by atoms with van der Waals surface area (Å²) in [6.45, 7) is 0. The van der Waals surface area contributed by atoms with Crippen molar-refractivity contribution in [3.05, 3.63) is 70.0 Å². The first-order chi connectivity index (χ1) is 8.45. The molecule has 0 bridgehead atoms. The maximum atomic E-state index is 13.1. The van der Waals surface area contributed by atoms with Gasteiger partial charge in [0.05, 0.1) is 0 Å². The predicted molar refractivity (Wildman–Crippen MR) is 61.8 cm³/mol. The smallest absolute Gasteiger partial charge is 0.126 e. The highest BCUT2D eigenvalue weighted by Gasteiger charge is 2.14. The van der Waals surface area contributed by atoms with Crippen LogP contribution in [0.2, 0.25) is 5.02 Å². The third kappa shape index (κ3) is 2.83. The molecular formula is C13H8ClF3O. The summed E-state index contributed by atoms with van der Waals surface area (Å²) in [7, 11) is 0. The van der Waals surface area contributed by atoms with Crippen LogP contribution in [0, 0.1) is 17.5 Å². The Hall–Kier alpha value is -1.52. The Balaban J connectivity index is 2.43. The minimum atomic E-state index is -1.34. The second-order valence-electron chi connectivity index (χ2n) is 3.81. The van der Waals surface area contributed by atoms with Gasteiger partial charge >= 0.3 is 0 Å². The first kappa shape index (κ1) is 12.9. The molecule has 94 valence electrons. The van der Waals surface area contributed by atoms with E-state index in [4.69, 9.17) is 11.6 Å². The van der Waals surface area contributed by atoms with Crippen molar-refractivity contribution in [2.75, 3.05) is 0 Å². The van der Waals surface area contributed by atoms with Crippen molar-refractivity contribution in [3.8, 4) is 0 Å². The number of aliphatic hydroxyl groups excluding tert-OH is 1. The Morgan fingerprint density at radius 3 is 1.72 bits per heavy atom. The summed E-state index contributed by atoms with van der Waals surface area (Å²) in [6.07, 6.45) is -1.34. The summed E-state index contributed by atoms with van der Waals surface area (Å²) in [5.74, 6) is -2.26. The van der Waals surface area contributed by atoms with Crippen molar-refractivity contribution in [2.45, 2.75) is 6.10 Å². The fourth-order valence-electron chi connectivity index (χ4n) is 1.66. The second-order valence-corrected chi connectivity index (χ2v) is 4.24. The Labute approximate surface area is 106 Å². The zero-order valence-corrected chi connectivity index (χ0v) is 9.76. The summed E-state index contributed by atoms with van der Waals surface area (Å²) in [4.78, 5) is 0. The molecule has 0 heterocycles. The van der Waals surface area contributed by atoms with E-state index in [-0.39, 0.29) is 16.1 Å². The summed E-state index contributed by atoms with van der Waals surface area (Å²) in [5.41, 5.74) is 0.124. The number of aliphatic hydroxyl groups is 1. The van der Waals surface area contributed by atoms with Crippen LogP contribution in [0.15, 0.2) is 36.4 Å². The Morgan fingerprint density at radius 1 is 0.778 bits per heavy atom. The molecule has 0 spiro atoms. The summed E-state index contributed by atoms with van der Waals surface area (Å²) in [5, 5.41) is 10.0. The molecule has 18 heavy (non-hydrogen) atoms. The van der Waals surface area contributed by atoms with Gasteiger partial charge in [0.15, 0.2) is 0 Å². The molecule has 1 N–H and O–H groups in total. The van der Waals surface area contributed by atoms with E-state index in [1.165, 1.54) is 6.07 Å². The quantitative estimate of drug-likeness (QED) is 0.881. The van der Waals surface area contributed by atoms with Gasteiger partial charge in [-0.3, -0.25) is 0 Å². The van der Waals surface area contributed by atoms with E-state index < -0.39 is 23.6 Å². The van der Waals surface area contributed by atoms with Gasteiger partial charge in [0, 0.05) is 11.1 Å². The predicted octanol–water partition coefficient (Wildman–Crippen LogP) is 3.84. The largest absolute Gasteiger partial charge is 0.384 e. The van der Waals surface area contributed by atoms with Crippen molar-refractivity contribution in [1.82, 2.24) is 0 Å². The maximum absolute atomic E-state index is 13.1. The normalized spacial score (nSPS) is 12.5. The molecule has 0 saturated carbocycles. The van der Waals surface area contributed by atoms with Gasteiger partial charge in [-0.15, -0.1) is 0 Å². The highest BCUT2D eigenvalue weighted by molar-refractivity contribution is 6.30. The van der Waals surface area contributed by atoms with Crippen LogP contribution >= 0.6 is 11.6 Å². The molecular weight excluding hydrogens is 265 g/mol. The van der Waals surface area contributed by atoms with Gasteiger partial charge in [0.25, 0.3) is 0 Å². The summed E-state index contributed by atoms with van der Waals surface area (Å²) >= 11 is 5.64. The number of hydrogen-bond acceptors (Lipinski definition) is 1. The molecule has 0 amide bonds. The molecule has 0 fully saturated rings. The Bertz CT molecular complexity index is 494. The average Bonchev–Trinajstić information content (AvgIpc) is 2.25. The molecule has 0 aromatic heterocycles. The Morgan fingerprint density at radius 2 is 1.22 bits per heavy atom. The fraction of sp³-hybridized carbons (Fsp3) is 0.0769. The molecule has 5 heteroatoms. The van der Waals surface area contributed by atoms with Crippen molar-refractivity contribution < 1.29 is 18.3 Å². The van der Waals surface area contributed by atoms with Gasteiger partial charge in [-0.2, -0.15) is 0 Å². The van der Waals surface area contributed by atoms with Crippen LogP contribution in [0.3, 0.4) is 0 Å². The zero-order valence-electron chi connectivity index (χ0n) is 9.00. The van der Waals surface area contributed by atoms with Gasteiger partial charge < -0.3 is 5.11 Å². The lowest BCUT2D eigenvalue weighted by molar-refractivity contribution is 0.218. The van der Waals surface area contributed by atoms with E-state index in [1.807, 2.05) is 0 Å². The van der Waals surface area contributed by atoms with E-state index >= 15 is 0 Å². The minimum Gasteiger partial charge on any atom is -0.384 e. The Kier molecular flexibility index (Phi) is 3.59. The van der Waals surface area contributed by atoms with E-state index in [0.29, 0.717) is 6.07 Å². The molecule has 0 aliphatic carbocycles. The van der Waals surface area contributed by atoms with Gasteiger partial charge in [0.2, 0.25) is 0 Å². The van der Waals surface area contributed by atoms with Crippen LogP contribution in [-0.2, 0) is 0 Å². The lowest BCUT2D eigenvalue weighted by Crippen LogP contribution is -2.01. The topological polar surface area (TPSA) is 20.2 Å². The molecule has 0 aliphatic rings. The summed E-state index contributed by atoms with van der Waals surface area (Å²) in [6, 6.07) is 6.11. The second kappa shape index (κ2) is 5.00. The van der Waals surface area contributed by atoms with E-state index in [9.17, 15) is 18.3 Å². The van der Waals surface area contributed by atoms with E-state index in [1.54, 1.807) is 0 Å². The number of halogens is 4. The number of benzene rings is 2. The lowest BCUT2D eigenvalue weighted by Gasteiger charge is -2.12. The highest BCUT2D eigenvalue weighted by Crippen LogP contribution is 2.26. The van der Waals surface area contributed by atoms with Crippen molar-refractivity contribution in [3.63, 3.8) is 0 Å². The van der Waals surface area contributed by atoms with Crippen molar-refractivity contribution in [2.24, 2.45) is 0 Å². The molecule has 1 atom stereocenters. The SMILES string of the molecule is OC(c1cc(F)cc(F)c1)c1cc(F)cc(Cl)c1. The monoisotopic (exact) mass is 272 g/mol. The van der Waals surface area contributed by atoms with Crippen LogP contribution in [0.25, 0.3) is 0 Å². The lowest BCUT2D eigenvalue weighted by atomic mass is 10.0. The van der Waals surface area contributed by atoms with Gasteiger partial charge in [-0.1, -0.05) is 11.6 Å². The molecule has 2 aromatic rings. The first-order valence-corrected chi connectivity index (χ1v) is 5.43. The molecule has 0 saturated heterocycles. The van der Waals surface area contributed by atoms with Crippen LogP contribution in [0.4, 0.5) is 13.2 Å². The summed E-state index contributed by atoms with van der Waals surface area (Å²) < 4.78 is 39.1. The van der Waals surface area contributed by atoms with E-state index in [0.717, 1.165) is 24.3 Å². The molecule has 1 unspecified atom stereocenters. The number of hydrogen-bond donors (Lipinski definition) is 1. The minimum absolute atomic E-state index is 0.00540. The highest BCUT2D eigenvalue weighted by atomic mass is 35.5. The third-order valence-corrected chi connectivity index (χ3v) is 2.62. The van der Waals surface area contributed by atoms with Crippen molar-refractivity contribution in [1.29, 1.82) is 0 Å². The van der Waals surface area contributed by atoms with Crippen LogP contribution in [0.5, 0.6) is 0 Å². The number of rotatable bonds is 2. The molecule has 0 radical (unpaired) electrons. The van der Waals surface area contributed by atoms with Crippen LogP contribution < -0.4 is 0 Å². The average molecular weight is 273 g/mol. The molecule has 2 aromatic carbocycles. The molecule has 1 nitrogen and oxygen atoms in total. The zero-order chi connectivity index (χ0) is 13.3. The first-order valence-electron chi connectivity index (χ1n) is 5.06. The molecule has 0 aliphatic heterocycles. The standard InChI is InChI=1S/C13H8ClF3O/c14-9-1-7(2-10(15)5-9)13(18)8-3-11(16)6-12(17)4-8/h1-6,13,18H. The van der Waals surface area contributed by atoms with Gasteiger partial charge in [0.1, 0.15) is 23.6 Å². The van der Waals surface area contributed by atoms with Crippen LogP contribution in [-0.4, -0.2) is 5.11 Å². The van der Waals surface area contributed by atoms with Gasteiger partial charge in [-0.25, -0.2) is 13.2 Å². The van der Waals surface area contributed by atoms with E-state index in [2.05, 4.69) is 0 Å². The van der Waals surface area contributed by atoms with Crippen molar-refractivity contribution >= 4 is 11.6 Å². The maximum Gasteiger partial charge on any atom is 0.126 e. The van der Waals surface area contributed by atoms with Crippen LogP contribution in [0.1, 0.15) is 17.2 Å². The molecule has 2 rings (SSSR count). The van der Waals surface area contributed by atoms with Gasteiger partial charge in [-0.05, 0) is 41.5 Å². The third-order valence-electron chi connectivity index (χ3n) is 2.40. The fourth-order valence-corrected chi connectivity index (χ4v) is 1.89.